The third-order valence-electron chi connectivity index (χ3n) is 6.09. The van der Waals surface area contributed by atoms with Gasteiger partial charge in [-0.2, -0.15) is 0 Å². The van der Waals surface area contributed by atoms with Crippen LogP contribution in [0.1, 0.15) is 42.8 Å². The quantitative estimate of drug-likeness (QED) is 0.282. The van der Waals surface area contributed by atoms with E-state index in [0.717, 1.165) is 42.0 Å². The molecule has 0 saturated carbocycles. The zero-order valence-corrected chi connectivity index (χ0v) is 20.7. The Hall–Kier alpha value is -3.80. The molecule has 4 aromatic rings. The first kappa shape index (κ1) is 24.3. The number of ether oxygens (including phenoxy) is 2. The van der Waals surface area contributed by atoms with E-state index in [1.54, 1.807) is 0 Å². The molecule has 4 rings (SSSR count). The molecule has 6 heteroatoms. The van der Waals surface area contributed by atoms with Gasteiger partial charge in [0.25, 0.3) is 5.91 Å². The number of aryl methyl sites for hydroxylation is 3. The number of hydrogen-bond donors (Lipinski definition) is 1. The highest BCUT2D eigenvalue weighted by Crippen LogP contribution is 2.22. The summed E-state index contributed by atoms with van der Waals surface area (Å²) in [6.07, 6.45) is 1.86. The number of nitrogens with zero attached hydrogens (tertiary/aromatic N) is 2. The number of aromatic nitrogens is 2. The van der Waals surface area contributed by atoms with Crippen molar-refractivity contribution in [1.82, 2.24) is 14.9 Å². The van der Waals surface area contributed by atoms with Gasteiger partial charge in [-0.05, 0) is 81.1 Å². The van der Waals surface area contributed by atoms with Crippen LogP contribution < -0.4 is 14.8 Å². The van der Waals surface area contributed by atoms with Crippen LogP contribution in [0.2, 0.25) is 0 Å². The number of hydrogen-bond acceptors (Lipinski definition) is 4. The number of fused-ring (bicyclic) bond motifs is 1. The molecule has 3 aromatic carbocycles. The number of carbonyl (C=O) groups excluding carboxylic acids is 1. The summed E-state index contributed by atoms with van der Waals surface area (Å²) in [5.74, 6) is 2.25. The molecule has 35 heavy (non-hydrogen) atoms. The van der Waals surface area contributed by atoms with Crippen molar-refractivity contribution in [3.05, 3.63) is 89.7 Å². The van der Waals surface area contributed by atoms with Crippen molar-refractivity contribution >= 4 is 16.9 Å². The first-order chi connectivity index (χ1) is 17.0. The molecule has 1 heterocycles. The van der Waals surface area contributed by atoms with Gasteiger partial charge in [0, 0.05) is 6.54 Å². The lowest BCUT2D eigenvalue weighted by Crippen LogP contribution is -2.32. The minimum absolute atomic E-state index is 0.0373. The van der Waals surface area contributed by atoms with Gasteiger partial charge >= 0.3 is 0 Å². The maximum Gasteiger partial charge on any atom is 0.258 e. The van der Waals surface area contributed by atoms with Gasteiger partial charge in [0.15, 0.2) is 6.61 Å². The van der Waals surface area contributed by atoms with E-state index < -0.39 is 0 Å². The summed E-state index contributed by atoms with van der Waals surface area (Å²) in [6.45, 7) is 7.58. The summed E-state index contributed by atoms with van der Waals surface area (Å²) in [6, 6.07) is 23.4. The Morgan fingerprint density at radius 2 is 1.69 bits per heavy atom. The fraction of sp³-hybridized carbons (Fsp3) is 0.310. The number of amides is 1. The molecule has 0 aliphatic carbocycles. The normalized spacial score (nSPS) is 11.9. The summed E-state index contributed by atoms with van der Waals surface area (Å²) >= 11 is 0. The Morgan fingerprint density at radius 1 is 0.914 bits per heavy atom. The smallest absolute Gasteiger partial charge is 0.258 e. The highest BCUT2D eigenvalue weighted by atomic mass is 16.5. The van der Waals surface area contributed by atoms with Crippen molar-refractivity contribution in [1.29, 1.82) is 0 Å². The molecule has 1 unspecified atom stereocenters. The molecule has 0 bridgehead atoms. The Kier molecular flexibility index (Phi) is 8.03. The van der Waals surface area contributed by atoms with Crippen LogP contribution in [0.5, 0.6) is 11.5 Å². The molecule has 1 aromatic heterocycles. The van der Waals surface area contributed by atoms with Crippen LogP contribution in [-0.2, 0) is 11.3 Å². The van der Waals surface area contributed by atoms with Crippen molar-refractivity contribution < 1.29 is 14.3 Å². The maximum absolute atomic E-state index is 12.5. The number of imidazole rings is 1. The molecule has 0 aliphatic rings. The predicted octanol–water partition coefficient (Wildman–Crippen LogP) is 5.77. The molecule has 1 amide bonds. The van der Waals surface area contributed by atoms with Gasteiger partial charge in [0.1, 0.15) is 17.3 Å². The standard InChI is InChI=1S/C29H33N3O3/c1-21-15-16-25(19-22(21)2)34-18-10-9-17-32-27-14-8-7-13-26(27)31-29(32)23(3)30-28(33)20-35-24-11-5-4-6-12-24/h4-8,11-16,19,23H,9-10,17-18,20H2,1-3H3,(H,30,33). The summed E-state index contributed by atoms with van der Waals surface area (Å²) in [5, 5.41) is 3.03. The molecule has 182 valence electrons. The first-order valence-corrected chi connectivity index (χ1v) is 12.1. The molecule has 0 aliphatic heterocycles. The molecule has 0 radical (unpaired) electrons. The van der Waals surface area contributed by atoms with E-state index in [1.165, 1.54) is 11.1 Å². The van der Waals surface area contributed by atoms with Crippen LogP contribution in [-0.4, -0.2) is 28.7 Å². The number of para-hydroxylation sites is 3. The topological polar surface area (TPSA) is 65.4 Å². The van der Waals surface area contributed by atoms with Crippen molar-refractivity contribution in [3.8, 4) is 11.5 Å². The van der Waals surface area contributed by atoms with Gasteiger partial charge in [0.05, 0.1) is 23.7 Å². The predicted molar refractivity (Wildman–Crippen MR) is 139 cm³/mol. The van der Waals surface area contributed by atoms with Gasteiger partial charge in [0.2, 0.25) is 0 Å². The Balaban J connectivity index is 1.35. The molecule has 0 saturated heterocycles. The van der Waals surface area contributed by atoms with Crippen molar-refractivity contribution in [2.45, 2.75) is 46.2 Å². The highest BCUT2D eigenvalue weighted by molar-refractivity contribution is 5.79. The van der Waals surface area contributed by atoms with Gasteiger partial charge < -0.3 is 19.4 Å². The lowest BCUT2D eigenvalue weighted by Gasteiger charge is -2.17. The number of rotatable bonds is 11. The van der Waals surface area contributed by atoms with E-state index in [0.29, 0.717) is 12.4 Å². The fourth-order valence-electron chi connectivity index (χ4n) is 4.04. The van der Waals surface area contributed by atoms with Crippen molar-refractivity contribution in [2.75, 3.05) is 13.2 Å². The first-order valence-electron chi connectivity index (χ1n) is 12.1. The minimum Gasteiger partial charge on any atom is -0.494 e. The van der Waals surface area contributed by atoms with E-state index in [1.807, 2.05) is 61.5 Å². The Labute approximate surface area is 206 Å². The molecular formula is C29H33N3O3. The average molecular weight is 472 g/mol. The summed E-state index contributed by atoms with van der Waals surface area (Å²) < 4.78 is 13.7. The second kappa shape index (κ2) is 11.6. The Bertz CT molecular complexity index is 1270. The fourth-order valence-corrected chi connectivity index (χ4v) is 4.04. The minimum atomic E-state index is -0.249. The van der Waals surface area contributed by atoms with Crippen molar-refractivity contribution in [3.63, 3.8) is 0 Å². The summed E-state index contributed by atoms with van der Waals surface area (Å²) in [4.78, 5) is 17.3. The van der Waals surface area contributed by atoms with Crippen LogP contribution in [0.4, 0.5) is 0 Å². The van der Waals surface area contributed by atoms with Gasteiger partial charge in [-0.1, -0.05) is 36.4 Å². The molecule has 1 atom stereocenters. The van der Waals surface area contributed by atoms with E-state index >= 15 is 0 Å². The number of carbonyl (C=O) groups is 1. The monoisotopic (exact) mass is 471 g/mol. The number of benzene rings is 3. The molecule has 1 N–H and O–H groups in total. The molecule has 0 fully saturated rings. The third kappa shape index (κ3) is 6.41. The van der Waals surface area contributed by atoms with Gasteiger partial charge in [-0.15, -0.1) is 0 Å². The van der Waals surface area contributed by atoms with E-state index in [9.17, 15) is 4.79 Å². The van der Waals surface area contributed by atoms with E-state index in [2.05, 4.69) is 41.9 Å². The van der Waals surface area contributed by atoms with Crippen LogP contribution in [0.3, 0.4) is 0 Å². The molecule has 0 spiro atoms. The highest BCUT2D eigenvalue weighted by Gasteiger charge is 2.18. The van der Waals surface area contributed by atoms with E-state index in [4.69, 9.17) is 14.5 Å². The lowest BCUT2D eigenvalue weighted by atomic mass is 10.1. The summed E-state index contributed by atoms with van der Waals surface area (Å²) in [5.41, 5.74) is 4.50. The SMILES string of the molecule is Cc1ccc(OCCCCn2c(C(C)NC(=O)COc3ccccc3)nc3ccccc32)cc1C. The number of nitrogens with one attached hydrogen (secondary N) is 1. The summed E-state index contributed by atoms with van der Waals surface area (Å²) in [7, 11) is 0. The van der Waals surface area contributed by atoms with Crippen LogP contribution in [0, 0.1) is 13.8 Å². The Morgan fingerprint density at radius 3 is 2.49 bits per heavy atom. The van der Waals surface area contributed by atoms with Gasteiger partial charge in [-0.3, -0.25) is 4.79 Å². The largest absolute Gasteiger partial charge is 0.494 e. The zero-order chi connectivity index (χ0) is 24.6. The number of unbranched alkanes of at least 4 members (excludes halogenated alkanes) is 1. The third-order valence-corrected chi connectivity index (χ3v) is 6.09. The second-order valence-electron chi connectivity index (χ2n) is 8.80. The molecular weight excluding hydrogens is 438 g/mol. The second-order valence-corrected chi connectivity index (χ2v) is 8.80. The average Bonchev–Trinajstić information content (AvgIpc) is 3.24. The van der Waals surface area contributed by atoms with Crippen molar-refractivity contribution in [2.24, 2.45) is 0 Å². The van der Waals surface area contributed by atoms with Crippen LogP contribution >= 0.6 is 0 Å². The van der Waals surface area contributed by atoms with E-state index in [-0.39, 0.29) is 18.6 Å². The molecule has 6 nitrogen and oxygen atoms in total. The lowest BCUT2D eigenvalue weighted by molar-refractivity contribution is -0.123. The maximum atomic E-state index is 12.5. The zero-order valence-electron chi connectivity index (χ0n) is 20.7. The van der Waals surface area contributed by atoms with Crippen LogP contribution in [0.25, 0.3) is 11.0 Å². The van der Waals surface area contributed by atoms with Gasteiger partial charge in [-0.25, -0.2) is 4.98 Å². The van der Waals surface area contributed by atoms with Crippen LogP contribution in [0.15, 0.2) is 72.8 Å².